The number of rotatable bonds is 8. The number of esters is 1. The molecule has 10 heteroatoms. The molecule has 1 aliphatic carbocycles. The summed E-state index contributed by atoms with van der Waals surface area (Å²) in [5.41, 5.74) is 8.92. The molecule has 2 aliphatic heterocycles. The Morgan fingerprint density at radius 1 is 1.30 bits per heavy atom. The Balaban J connectivity index is 1.27. The van der Waals surface area contributed by atoms with Crippen LogP contribution in [0.2, 0.25) is 0 Å². The Hall–Kier alpha value is -3.01. The number of carbonyl (C=O) groups excluding carboxylic acids is 2. The van der Waals surface area contributed by atoms with Gasteiger partial charge >= 0.3 is 5.97 Å². The standard InChI is InChI=1S/C23H31N7O3/c1-3-16(27-24)12-26-20-5-4-18(28-29-20)13-25-17-6-8-23(9-7-17)10-11-30(22(23)32)19-14-33-21(31)15(19)2/h4-5,12,16-17,24-25H,3,6-11,13-14H2,1-2H3. The minimum atomic E-state index is -0.317. The summed E-state index contributed by atoms with van der Waals surface area (Å²) in [7, 11) is 0. The molecule has 2 fully saturated rings. The van der Waals surface area contributed by atoms with Crippen molar-refractivity contribution >= 4 is 23.9 Å². The van der Waals surface area contributed by atoms with Gasteiger partial charge in [0, 0.05) is 25.3 Å². The fraction of sp³-hybridized carbons (Fsp3) is 0.609. The van der Waals surface area contributed by atoms with Crippen LogP contribution in [0.25, 0.3) is 0 Å². The van der Waals surface area contributed by atoms with Crippen molar-refractivity contribution in [2.45, 2.75) is 71.0 Å². The number of hydrogen-bond donors (Lipinski definition) is 2. The van der Waals surface area contributed by atoms with E-state index >= 15 is 0 Å². The second-order valence-corrected chi connectivity index (χ2v) is 9.06. The molecule has 3 heterocycles. The van der Waals surface area contributed by atoms with Crippen LogP contribution in [0, 0.1) is 10.9 Å². The minimum absolute atomic E-state index is 0.152. The first-order valence-corrected chi connectivity index (χ1v) is 11.6. The quantitative estimate of drug-likeness (QED) is 0.353. The van der Waals surface area contributed by atoms with E-state index in [1.54, 1.807) is 18.0 Å². The summed E-state index contributed by atoms with van der Waals surface area (Å²) in [6.07, 6.45) is 6.73. The van der Waals surface area contributed by atoms with Gasteiger partial charge in [-0.15, -0.1) is 5.10 Å². The van der Waals surface area contributed by atoms with Gasteiger partial charge in [0.25, 0.3) is 0 Å². The number of hydrogen-bond acceptors (Lipinski definition) is 9. The number of carbonyl (C=O) groups is 2. The molecule has 0 aromatic carbocycles. The normalized spacial score (nSPS) is 26.5. The second-order valence-electron chi connectivity index (χ2n) is 9.06. The molecule has 1 unspecified atom stereocenters. The molecule has 1 spiro atoms. The Morgan fingerprint density at radius 2 is 2.09 bits per heavy atom. The second kappa shape index (κ2) is 9.86. The van der Waals surface area contributed by atoms with Crippen LogP contribution in [0.5, 0.6) is 0 Å². The van der Waals surface area contributed by atoms with Crippen LogP contribution >= 0.6 is 0 Å². The molecule has 10 nitrogen and oxygen atoms in total. The molecule has 0 bridgehead atoms. The number of cyclic esters (lactones) is 1. The van der Waals surface area contributed by atoms with Gasteiger partial charge in [-0.25, -0.2) is 15.3 Å². The Bertz CT molecular complexity index is 965. The lowest BCUT2D eigenvalue weighted by Gasteiger charge is -2.36. The van der Waals surface area contributed by atoms with Gasteiger partial charge in [0.1, 0.15) is 12.6 Å². The SMILES string of the molecule is CCC(C=Nc1ccc(CNC2CCC3(CC2)CCN(C2=C(C)C(=O)OC2)C3=O)nn1)N=N. The summed E-state index contributed by atoms with van der Waals surface area (Å²) >= 11 is 0. The lowest BCUT2D eigenvalue weighted by molar-refractivity contribution is -0.138. The van der Waals surface area contributed by atoms with E-state index in [0.29, 0.717) is 30.5 Å². The lowest BCUT2D eigenvalue weighted by Crippen LogP contribution is -2.42. The number of aliphatic imine (C=N–C) groups is 1. The molecule has 1 saturated heterocycles. The summed E-state index contributed by atoms with van der Waals surface area (Å²) in [5.74, 6) is 0.340. The van der Waals surface area contributed by atoms with E-state index in [9.17, 15) is 9.59 Å². The molecular weight excluding hydrogens is 422 g/mol. The van der Waals surface area contributed by atoms with Crippen molar-refractivity contribution < 1.29 is 14.3 Å². The zero-order valence-electron chi connectivity index (χ0n) is 19.2. The van der Waals surface area contributed by atoms with E-state index < -0.39 is 0 Å². The lowest BCUT2D eigenvalue weighted by atomic mass is 9.71. The molecule has 176 valence electrons. The van der Waals surface area contributed by atoms with Crippen molar-refractivity contribution in [2.24, 2.45) is 15.5 Å². The van der Waals surface area contributed by atoms with Crippen molar-refractivity contribution in [3.8, 4) is 0 Å². The van der Waals surface area contributed by atoms with E-state index in [-0.39, 0.29) is 29.9 Å². The number of nitrogens with one attached hydrogen (secondary N) is 2. The van der Waals surface area contributed by atoms with E-state index in [1.165, 1.54) is 0 Å². The molecule has 1 atom stereocenters. The highest BCUT2D eigenvalue weighted by atomic mass is 16.5. The van der Waals surface area contributed by atoms with Gasteiger partial charge in [0.15, 0.2) is 5.82 Å². The molecule has 4 rings (SSSR count). The van der Waals surface area contributed by atoms with Crippen molar-refractivity contribution in [2.75, 3.05) is 13.2 Å². The monoisotopic (exact) mass is 453 g/mol. The number of nitrogens with zero attached hydrogens (tertiary/aromatic N) is 5. The summed E-state index contributed by atoms with van der Waals surface area (Å²) in [4.78, 5) is 30.9. The van der Waals surface area contributed by atoms with Crippen molar-refractivity contribution in [3.63, 3.8) is 0 Å². The number of likely N-dealkylation sites (tertiary alicyclic amines) is 1. The molecular formula is C23H31N7O3. The largest absolute Gasteiger partial charge is 0.456 e. The van der Waals surface area contributed by atoms with Crippen LogP contribution in [0.15, 0.2) is 33.5 Å². The molecule has 3 aliphatic rings. The first-order valence-electron chi connectivity index (χ1n) is 11.6. The average molecular weight is 454 g/mol. The highest BCUT2D eigenvalue weighted by molar-refractivity contribution is 5.94. The van der Waals surface area contributed by atoms with Crippen LogP contribution in [-0.4, -0.2) is 58.4 Å². The van der Waals surface area contributed by atoms with Gasteiger partial charge < -0.3 is 15.0 Å². The van der Waals surface area contributed by atoms with Crippen LogP contribution in [-0.2, 0) is 20.9 Å². The third-order valence-electron chi connectivity index (χ3n) is 7.10. The third kappa shape index (κ3) is 4.85. The van der Waals surface area contributed by atoms with Crippen LogP contribution < -0.4 is 5.32 Å². The zero-order chi connectivity index (χ0) is 23.4. The summed E-state index contributed by atoms with van der Waals surface area (Å²) < 4.78 is 5.10. The zero-order valence-corrected chi connectivity index (χ0v) is 19.2. The van der Waals surface area contributed by atoms with Gasteiger partial charge in [0.05, 0.1) is 22.4 Å². The minimum Gasteiger partial charge on any atom is -0.456 e. The topological polar surface area (TPSA) is 133 Å². The molecule has 1 amide bonds. The maximum absolute atomic E-state index is 13.2. The van der Waals surface area contributed by atoms with E-state index in [1.807, 2.05) is 19.1 Å². The van der Waals surface area contributed by atoms with Crippen LogP contribution in [0.4, 0.5) is 5.82 Å². The van der Waals surface area contributed by atoms with Gasteiger partial charge in [0.2, 0.25) is 5.91 Å². The summed E-state index contributed by atoms with van der Waals surface area (Å²) in [5, 5.41) is 15.4. The average Bonchev–Trinajstić information content (AvgIpc) is 3.33. The smallest absolute Gasteiger partial charge is 0.336 e. The van der Waals surface area contributed by atoms with E-state index in [0.717, 1.165) is 49.9 Å². The van der Waals surface area contributed by atoms with Crippen LogP contribution in [0.3, 0.4) is 0 Å². The summed E-state index contributed by atoms with van der Waals surface area (Å²) in [6.45, 7) is 5.17. The first kappa shape index (κ1) is 23.2. The van der Waals surface area contributed by atoms with Crippen LogP contribution in [0.1, 0.15) is 58.1 Å². The van der Waals surface area contributed by atoms with Gasteiger partial charge in [-0.3, -0.25) is 4.79 Å². The molecule has 33 heavy (non-hydrogen) atoms. The Morgan fingerprint density at radius 3 is 2.70 bits per heavy atom. The van der Waals surface area contributed by atoms with Crippen molar-refractivity contribution in [1.82, 2.24) is 20.4 Å². The molecule has 2 N–H and O–H groups in total. The number of aromatic nitrogens is 2. The third-order valence-corrected chi connectivity index (χ3v) is 7.10. The Kier molecular flexibility index (Phi) is 6.92. The van der Waals surface area contributed by atoms with Gasteiger partial charge in [-0.1, -0.05) is 6.92 Å². The van der Waals surface area contributed by atoms with E-state index in [4.69, 9.17) is 10.3 Å². The predicted octanol–water partition coefficient (Wildman–Crippen LogP) is 3.07. The fourth-order valence-corrected chi connectivity index (χ4v) is 4.82. The Labute approximate surface area is 193 Å². The highest BCUT2D eigenvalue weighted by Gasteiger charge is 2.50. The maximum atomic E-state index is 13.2. The molecule has 0 radical (unpaired) electrons. The predicted molar refractivity (Wildman–Crippen MR) is 121 cm³/mol. The fourth-order valence-electron chi connectivity index (χ4n) is 4.82. The first-order chi connectivity index (χ1) is 16.0. The van der Waals surface area contributed by atoms with Gasteiger partial charge in [-0.05, 0) is 57.6 Å². The molecule has 1 saturated carbocycles. The number of amides is 1. The summed E-state index contributed by atoms with van der Waals surface area (Å²) in [6, 6.07) is 3.82. The maximum Gasteiger partial charge on any atom is 0.336 e. The molecule has 1 aromatic rings. The van der Waals surface area contributed by atoms with Gasteiger partial charge in [-0.2, -0.15) is 10.2 Å². The number of ether oxygens (including phenoxy) is 1. The highest BCUT2D eigenvalue weighted by Crippen LogP contribution is 2.46. The van der Waals surface area contributed by atoms with Crippen molar-refractivity contribution in [1.29, 1.82) is 5.53 Å². The van der Waals surface area contributed by atoms with E-state index in [2.05, 4.69) is 25.6 Å². The molecule has 1 aromatic heterocycles. The van der Waals surface area contributed by atoms with Crippen molar-refractivity contribution in [3.05, 3.63) is 29.1 Å².